The van der Waals surface area contributed by atoms with Crippen LogP contribution >= 0.6 is 11.6 Å². The highest BCUT2D eigenvalue weighted by Gasteiger charge is 2.07. The first-order valence-corrected chi connectivity index (χ1v) is 8.12. The molecule has 0 radical (unpaired) electrons. The van der Waals surface area contributed by atoms with Crippen LogP contribution in [0.1, 0.15) is 24.0 Å². The smallest absolute Gasteiger partial charge is 0.224 e. The van der Waals surface area contributed by atoms with E-state index in [4.69, 9.17) is 11.6 Å². The predicted molar refractivity (Wildman–Crippen MR) is 96.1 cm³/mol. The summed E-state index contributed by atoms with van der Waals surface area (Å²) in [6.45, 7) is 1.96. The van der Waals surface area contributed by atoms with Gasteiger partial charge < -0.3 is 10.3 Å². The molecule has 0 saturated heterocycles. The third kappa shape index (κ3) is 3.74. The molecule has 23 heavy (non-hydrogen) atoms. The minimum absolute atomic E-state index is 0.0233. The van der Waals surface area contributed by atoms with Gasteiger partial charge in [-0.1, -0.05) is 35.9 Å². The normalized spacial score (nSPS) is 10.9. The molecule has 0 aliphatic rings. The topological polar surface area (TPSA) is 44.9 Å². The van der Waals surface area contributed by atoms with Gasteiger partial charge >= 0.3 is 0 Å². The third-order valence-electron chi connectivity index (χ3n) is 4.00. The SMILES string of the molecule is Cc1ccc(Cl)cc1NC(=O)CCCc1c[nH]c2ccccc12. The van der Waals surface area contributed by atoms with E-state index in [0.29, 0.717) is 11.4 Å². The van der Waals surface area contributed by atoms with E-state index in [9.17, 15) is 4.79 Å². The van der Waals surface area contributed by atoms with Crippen molar-refractivity contribution in [2.45, 2.75) is 26.2 Å². The fourth-order valence-electron chi connectivity index (χ4n) is 2.72. The number of fused-ring (bicyclic) bond motifs is 1. The molecular formula is C19H19ClN2O. The second kappa shape index (κ2) is 6.88. The van der Waals surface area contributed by atoms with Crippen LogP contribution in [0.15, 0.2) is 48.7 Å². The van der Waals surface area contributed by atoms with Crippen molar-refractivity contribution in [2.75, 3.05) is 5.32 Å². The zero-order valence-electron chi connectivity index (χ0n) is 13.0. The Kier molecular flexibility index (Phi) is 4.68. The number of hydrogen-bond donors (Lipinski definition) is 2. The highest BCUT2D eigenvalue weighted by molar-refractivity contribution is 6.31. The molecule has 0 atom stereocenters. The van der Waals surface area contributed by atoms with Crippen molar-refractivity contribution in [1.82, 2.24) is 4.98 Å². The van der Waals surface area contributed by atoms with Crippen molar-refractivity contribution in [3.63, 3.8) is 0 Å². The van der Waals surface area contributed by atoms with E-state index in [-0.39, 0.29) is 5.91 Å². The molecular weight excluding hydrogens is 308 g/mol. The van der Waals surface area contributed by atoms with Crippen LogP contribution in [0.2, 0.25) is 5.02 Å². The Morgan fingerprint density at radius 2 is 2.04 bits per heavy atom. The number of halogens is 1. The molecule has 3 rings (SSSR count). The molecule has 0 saturated carbocycles. The number of aromatic amines is 1. The zero-order valence-corrected chi connectivity index (χ0v) is 13.8. The van der Waals surface area contributed by atoms with Gasteiger partial charge in [0.05, 0.1) is 0 Å². The molecule has 1 heterocycles. The largest absolute Gasteiger partial charge is 0.361 e. The Labute approximate surface area is 140 Å². The van der Waals surface area contributed by atoms with Gasteiger partial charge in [-0.3, -0.25) is 4.79 Å². The van der Waals surface area contributed by atoms with E-state index < -0.39 is 0 Å². The van der Waals surface area contributed by atoms with Gasteiger partial charge in [0.15, 0.2) is 0 Å². The van der Waals surface area contributed by atoms with Crippen LogP contribution in [0.3, 0.4) is 0 Å². The lowest BCUT2D eigenvalue weighted by molar-refractivity contribution is -0.116. The Bertz CT molecular complexity index is 838. The summed E-state index contributed by atoms with van der Waals surface area (Å²) in [6, 6.07) is 13.7. The van der Waals surface area contributed by atoms with Crippen molar-refractivity contribution in [2.24, 2.45) is 0 Å². The van der Waals surface area contributed by atoms with Gasteiger partial charge in [0.1, 0.15) is 0 Å². The molecule has 4 heteroatoms. The van der Waals surface area contributed by atoms with Crippen LogP contribution in [0.25, 0.3) is 10.9 Å². The molecule has 2 aromatic carbocycles. The Hall–Kier alpha value is -2.26. The number of hydrogen-bond acceptors (Lipinski definition) is 1. The van der Waals surface area contributed by atoms with Gasteiger partial charge in [-0.05, 0) is 49.1 Å². The summed E-state index contributed by atoms with van der Waals surface area (Å²) in [5.41, 5.74) is 4.20. The lowest BCUT2D eigenvalue weighted by Crippen LogP contribution is -2.12. The number of anilines is 1. The maximum Gasteiger partial charge on any atom is 0.224 e. The van der Waals surface area contributed by atoms with Crippen LogP contribution in [-0.2, 0) is 11.2 Å². The first kappa shape index (κ1) is 15.6. The fourth-order valence-corrected chi connectivity index (χ4v) is 2.89. The number of amides is 1. The summed E-state index contributed by atoms with van der Waals surface area (Å²) in [6.07, 6.45) is 4.22. The molecule has 0 spiro atoms. The molecule has 3 nitrogen and oxygen atoms in total. The van der Waals surface area contributed by atoms with Crippen molar-refractivity contribution < 1.29 is 4.79 Å². The van der Waals surface area contributed by atoms with E-state index in [2.05, 4.69) is 22.4 Å². The first-order chi connectivity index (χ1) is 11.1. The van der Waals surface area contributed by atoms with Gasteiger partial charge in [-0.25, -0.2) is 0 Å². The summed E-state index contributed by atoms with van der Waals surface area (Å²) >= 11 is 5.97. The maximum absolute atomic E-state index is 12.1. The van der Waals surface area contributed by atoms with Gasteiger partial charge in [0, 0.05) is 34.2 Å². The van der Waals surface area contributed by atoms with Crippen LogP contribution in [0, 0.1) is 6.92 Å². The van der Waals surface area contributed by atoms with E-state index >= 15 is 0 Å². The van der Waals surface area contributed by atoms with E-state index in [1.807, 2.05) is 37.4 Å². The van der Waals surface area contributed by atoms with Crippen LogP contribution in [0.4, 0.5) is 5.69 Å². The molecule has 0 aliphatic carbocycles. The Balaban J connectivity index is 1.56. The molecule has 3 aromatic rings. The second-order valence-corrected chi connectivity index (χ2v) is 6.16. The van der Waals surface area contributed by atoms with Crippen LogP contribution in [0.5, 0.6) is 0 Å². The summed E-state index contributed by atoms with van der Waals surface area (Å²) in [5, 5.41) is 4.80. The quantitative estimate of drug-likeness (QED) is 0.673. The molecule has 2 N–H and O–H groups in total. The minimum atomic E-state index is 0.0233. The van der Waals surface area contributed by atoms with Crippen molar-refractivity contribution in [3.05, 3.63) is 64.8 Å². The van der Waals surface area contributed by atoms with Gasteiger partial charge in [0.2, 0.25) is 5.91 Å². The number of rotatable bonds is 5. The van der Waals surface area contributed by atoms with E-state index in [1.54, 1.807) is 6.07 Å². The summed E-state index contributed by atoms with van der Waals surface area (Å²) in [7, 11) is 0. The van der Waals surface area contributed by atoms with Gasteiger partial charge in [-0.15, -0.1) is 0 Å². The first-order valence-electron chi connectivity index (χ1n) is 7.74. The predicted octanol–water partition coefficient (Wildman–Crippen LogP) is 5.09. The molecule has 1 amide bonds. The lowest BCUT2D eigenvalue weighted by Gasteiger charge is -2.08. The van der Waals surface area contributed by atoms with E-state index in [1.165, 1.54) is 10.9 Å². The maximum atomic E-state index is 12.1. The number of aromatic nitrogens is 1. The standard InChI is InChI=1S/C19H19ClN2O/c1-13-9-10-15(20)11-18(13)22-19(23)8-4-5-14-12-21-17-7-3-2-6-16(14)17/h2-3,6-7,9-12,21H,4-5,8H2,1H3,(H,22,23). The number of carbonyl (C=O) groups excluding carboxylic acids is 1. The minimum Gasteiger partial charge on any atom is -0.361 e. The Morgan fingerprint density at radius 1 is 1.22 bits per heavy atom. The summed E-state index contributed by atoms with van der Waals surface area (Å²) in [5.74, 6) is 0.0233. The molecule has 0 fully saturated rings. The molecule has 118 valence electrons. The van der Waals surface area contributed by atoms with Gasteiger partial charge in [0.25, 0.3) is 0 Å². The second-order valence-electron chi connectivity index (χ2n) is 5.72. The highest BCUT2D eigenvalue weighted by atomic mass is 35.5. The molecule has 1 aromatic heterocycles. The average molecular weight is 327 g/mol. The summed E-state index contributed by atoms with van der Waals surface area (Å²) in [4.78, 5) is 15.4. The number of aryl methyl sites for hydroxylation is 2. The van der Waals surface area contributed by atoms with Crippen molar-refractivity contribution in [3.8, 4) is 0 Å². The monoisotopic (exact) mass is 326 g/mol. The fraction of sp³-hybridized carbons (Fsp3) is 0.211. The number of nitrogens with one attached hydrogen (secondary N) is 2. The number of carbonyl (C=O) groups is 1. The zero-order chi connectivity index (χ0) is 16.2. The number of H-pyrrole nitrogens is 1. The molecule has 0 aliphatic heterocycles. The number of benzene rings is 2. The van der Waals surface area contributed by atoms with Gasteiger partial charge in [-0.2, -0.15) is 0 Å². The van der Waals surface area contributed by atoms with Crippen LogP contribution < -0.4 is 5.32 Å². The molecule has 0 bridgehead atoms. The Morgan fingerprint density at radius 3 is 2.91 bits per heavy atom. The van der Waals surface area contributed by atoms with Crippen LogP contribution in [-0.4, -0.2) is 10.9 Å². The van der Waals surface area contributed by atoms with Crippen molar-refractivity contribution >= 4 is 34.1 Å². The van der Waals surface area contributed by atoms with Crippen molar-refractivity contribution in [1.29, 1.82) is 0 Å². The average Bonchev–Trinajstić information content (AvgIpc) is 2.94. The molecule has 0 unspecified atom stereocenters. The summed E-state index contributed by atoms with van der Waals surface area (Å²) < 4.78 is 0. The van der Waals surface area contributed by atoms with E-state index in [0.717, 1.165) is 29.6 Å². The number of para-hydroxylation sites is 1. The third-order valence-corrected chi connectivity index (χ3v) is 4.23. The lowest BCUT2D eigenvalue weighted by atomic mass is 10.1. The highest BCUT2D eigenvalue weighted by Crippen LogP contribution is 2.21.